The van der Waals surface area contributed by atoms with Crippen LogP contribution in [-0.2, 0) is 21.7 Å². The molecule has 0 bridgehead atoms. The normalized spacial score (nSPS) is 18.7. The van der Waals surface area contributed by atoms with Gasteiger partial charge in [-0.25, -0.2) is 14.2 Å². The number of fused-ring (bicyclic) bond motifs is 1. The van der Waals surface area contributed by atoms with Crippen LogP contribution in [0.15, 0.2) is 53.3 Å². The van der Waals surface area contributed by atoms with Crippen LogP contribution in [0.5, 0.6) is 0 Å². The Balaban J connectivity index is 1.41. The first-order valence-electron chi connectivity index (χ1n) is 9.06. The van der Waals surface area contributed by atoms with E-state index in [1.807, 2.05) is 22.7 Å². The highest BCUT2D eigenvalue weighted by Crippen LogP contribution is 2.28. The summed E-state index contributed by atoms with van der Waals surface area (Å²) in [6.07, 6.45) is 3.62. The van der Waals surface area contributed by atoms with Crippen molar-refractivity contribution in [1.29, 1.82) is 0 Å². The highest BCUT2D eigenvalue weighted by Gasteiger charge is 2.49. The first-order chi connectivity index (χ1) is 14.3. The van der Waals surface area contributed by atoms with Gasteiger partial charge in [0, 0.05) is 16.9 Å². The number of pyridine rings is 1. The van der Waals surface area contributed by atoms with Crippen LogP contribution < -0.4 is 10.6 Å². The highest BCUT2D eigenvalue weighted by molar-refractivity contribution is 9.10. The lowest BCUT2D eigenvalue weighted by molar-refractivity contribution is -0.134. The number of rotatable bonds is 5. The van der Waals surface area contributed by atoms with Crippen LogP contribution in [0.4, 0.5) is 9.18 Å². The average molecular weight is 474 g/mol. The van der Waals surface area contributed by atoms with E-state index in [1.165, 1.54) is 31.2 Å². The third-order valence-corrected chi connectivity index (χ3v) is 5.40. The molecule has 0 spiro atoms. The minimum Gasteiger partial charge on any atom is -0.349 e. The smallest absolute Gasteiger partial charge is 0.325 e. The molecule has 4 amide bonds. The second-order valence-corrected chi connectivity index (χ2v) is 7.99. The zero-order chi connectivity index (χ0) is 21.5. The fourth-order valence-corrected chi connectivity index (χ4v) is 3.66. The molecule has 8 nitrogen and oxygen atoms in total. The first kappa shape index (κ1) is 20.0. The molecule has 2 N–H and O–H groups in total. The number of imide groups is 1. The number of amides is 4. The molecule has 0 radical (unpaired) electrons. The second-order valence-electron chi connectivity index (χ2n) is 7.08. The lowest BCUT2D eigenvalue weighted by Crippen LogP contribution is -2.43. The van der Waals surface area contributed by atoms with Crippen molar-refractivity contribution < 1.29 is 18.8 Å². The van der Waals surface area contributed by atoms with Gasteiger partial charge in [0.15, 0.2) is 0 Å². The molecule has 3 aromatic rings. The predicted molar refractivity (Wildman–Crippen MR) is 109 cm³/mol. The first-order valence-corrected chi connectivity index (χ1v) is 9.85. The van der Waals surface area contributed by atoms with E-state index in [2.05, 4.69) is 31.5 Å². The molecule has 30 heavy (non-hydrogen) atoms. The second kappa shape index (κ2) is 7.52. The number of hydrogen-bond acceptors (Lipinski definition) is 4. The van der Waals surface area contributed by atoms with E-state index < -0.39 is 35.7 Å². The molecule has 1 unspecified atom stereocenters. The lowest BCUT2D eigenvalue weighted by Gasteiger charge is -2.22. The lowest BCUT2D eigenvalue weighted by atomic mass is 9.92. The van der Waals surface area contributed by atoms with Crippen LogP contribution in [0.3, 0.4) is 0 Å². The van der Waals surface area contributed by atoms with Gasteiger partial charge in [0.2, 0.25) is 5.91 Å². The molecule has 1 aromatic carbocycles. The molecule has 3 heterocycles. The average Bonchev–Trinajstić information content (AvgIpc) is 3.20. The highest BCUT2D eigenvalue weighted by atomic mass is 79.9. The molecule has 2 aromatic heterocycles. The molecule has 10 heteroatoms. The Labute approximate surface area is 179 Å². The zero-order valence-electron chi connectivity index (χ0n) is 15.9. The van der Waals surface area contributed by atoms with Gasteiger partial charge >= 0.3 is 6.03 Å². The number of carbonyl (C=O) groups excluding carboxylic acids is 3. The van der Waals surface area contributed by atoms with E-state index in [4.69, 9.17) is 0 Å². The Morgan fingerprint density at radius 3 is 2.67 bits per heavy atom. The number of nitrogens with zero attached hydrogens (tertiary/aromatic N) is 3. The van der Waals surface area contributed by atoms with Crippen molar-refractivity contribution in [2.45, 2.75) is 19.0 Å². The fourth-order valence-electron chi connectivity index (χ4n) is 3.31. The minimum atomic E-state index is -1.36. The Kier molecular flexibility index (Phi) is 5.02. The number of halogens is 2. The van der Waals surface area contributed by atoms with E-state index >= 15 is 0 Å². The van der Waals surface area contributed by atoms with Gasteiger partial charge in [-0.2, -0.15) is 0 Å². The number of carbonyl (C=O) groups is 3. The number of benzene rings is 1. The van der Waals surface area contributed by atoms with Crippen LogP contribution in [0, 0.1) is 5.82 Å². The van der Waals surface area contributed by atoms with Gasteiger partial charge in [-0.1, -0.05) is 12.1 Å². The van der Waals surface area contributed by atoms with Gasteiger partial charge in [0.05, 0.1) is 12.2 Å². The SMILES string of the molecule is CC1(c2ccc(F)cc2)NC(=O)N(CC(=O)NCc2cn3cc(Br)ccc3n2)C1=O. The largest absolute Gasteiger partial charge is 0.349 e. The summed E-state index contributed by atoms with van der Waals surface area (Å²) < 4.78 is 15.9. The van der Waals surface area contributed by atoms with Crippen molar-refractivity contribution in [2.75, 3.05) is 6.54 Å². The molecule has 0 saturated carbocycles. The van der Waals surface area contributed by atoms with E-state index in [1.54, 1.807) is 6.20 Å². The van der Waals surface area contributed by atoms with Gasteiger partial charge in [-0.05, 0) is 52.7 Å². The van der Waals surface area contributed by atoms with Crippen LogP contribution in [-0.4, -0.2) is 38.7 Å². The quantitative estimate of drug-likeness (QED) is 0.555. The van der Waals surface area contributed by atoms with E-state index in [0.29, 0.717) is 11.3 Å². The molecule has 1 atom stereocenters. The molecule has 1 aliphatic rings. The van der Waals surface area contributed by atoms with Crippen LogP contribution in [0.2, 0.25) is 0 Å². The summed E-state index contributed by atoms with van der Waals surface area (Å²) in [5.74, 6) is -1.53. The number of hydrogen-bond donors (Lipinski definition) is 2. The van der Waals surface area contributed by atoms with E-state index in [9.17, 15) is 18.8 Å². The van der Waals surface area contributed by atoms with Crippen molar-refractivity contribution in [3.63, 3.8) is 0 Å². The van der Waals surface area contributed by atoms with Crippen LogP contribution in [0.1, 0.15) is 18.2 Å². The van der Waals surface area contributed by atoms with Crippen molar-refractivity contribution in [2.24, 2.45) is 0 Å². The van der Waals surface area contributed by atoms with Crippen molar-refractivity contribution in [1.82, 2.24) is 24.9 Å². The number of nitrogens with one attached hydrogen (secondary N) is 2. The third-order valence-electron chi connectivity index (χ3n) is 4.93. The Hall–Kier alpha value is -3.27. The van der Waals surface area contributed by atoms with Crippen molar-refractivity contribution >= 4 is 39.4 Å². The van der Waals surface area contributed by atoms with Gasteiger partial charge in [-0.3, -0.25) is 14.5 Å². The molecule has 4 rings (SSSR count). The molecule has 0 aliphatic carbocycles. The van der Waals surface area contributed by atoms with E-state index in [-0.39, 0.29) is 6.54 Å². The summed E-state index contributed by atoms with van der Waals surface area (Å²) in [6.45, 7) is 1.24. The molecule has 1 fully saturated rings. The third kappa shape index (κ3) is 3.65. The van der Waals surface area contributed by atoms with Crippen molar-refractivity contribution in [3.05, 3.63) is 70.3 Å². The Morgan fingerprint density at radius 2 is 1.93 bits per heavy atom. The summed E-state index contributed by atoms with van der Waals surface area (Å²) in [7, 11) is 0. The zero-order valence-corrected chi connectivity index (χ0v) is 17.4. The number of urea groups is 1. The maximum atomic E-state index is 13.2. The predicted octanol–water partition coefficient (Wildman–Crippen LogP) is 2.32. The maximum Gasteiger partial charge on any atom is 0.325 e. The minimum absolute atomic E-state index is 0.150. The van der Waals surface area contributed by atoms with Gasteiger partial charge in [0.25, 0.3) is 5.91 Å². The maximum absolute atomic E-state index is 13.2. The summed E-state index contributed by atoms with van der Waals surface area (Å²) >= 11 is 3.38. The van der Waals surface area contributed by atoms with E-state index in [0.717, 1.165) is 15.0 Å². The van der Waals surface area contributed by atoms with Gasteiger partial charge < -0.3 is 15.0 Å². The Bertz CT molecular complexity index is 1160. The number of aromatic nitrogens is 2. The fraction of sp³-hybridized carbons (Fsp3) is 0.200. The van der Waals surface area contributed by atoms with Gasteiger partial charge in [-0.15, -0.1) is 0 Å². The summed E-state index contributed by atoms with van der Waals surface area (Å²) in [5, 5.41) is 5.25. The Morgan fingerprint density at radius 1 is 1.20 bits per heavy atom. The molecule has 1 aliphatic heterocycles. The van der Waals surface area contributed by atoms with Crippen LogP contribution >= 0.6 is 15.9 Å². The molecular weight excluding hydrogens is 457 g/mol. The molecule has 154 valence electrons. The molecular formula is C20H17BrFN5O3. The van der Waals surface area contributed by atoms with Crippen LogP contribution in [0.25, 0.3) is 5.65 Å². The standard InChI is InChI=1S/C20H17BrFN5O3/c1-20(12-2-5-14(22)6-3-12)18(29)27(19(30)25-20)11-17(28)23-8-15-10-26-9-13(21)4-7-16(26)24-15/h2-7,9-10H,8,11H2,1H3,(H,23,28)(H,25,30). The monoisotopic (exact) mass is 473 g/mol. The summed E-state index contributed by atoms with van der Waals surface area (Å²) in [5.41, 5.74) is 0.433. The topological polar surface area (TPSA) is 95.8 Å². The number of imidazole rings is 1. The van der Waals surface area contributed by atoms with Crippen molar-refractivity contribution in [3.8, 4) is 0 Å². The summed E-state index contributed by atoms with van der Waals surface area (Å²) in [6, 6.07) is 8.29. The molecule has 1 saturated heterocycles. The van der Waals surface area contributed by atoms with Gasteiger partial charge in [0.1, 0.15) is 23.5 Å². The summed E-state index contributed by atoms with van der Waals surface area (Å²) in [4.78, 5) is 42.7.